The number of fused-ring (bicyclic) bond motifs is 1. The highest BCUT2D eigenvalue weighted by Gasteiger charge is 2.40. The lowest BCUT2D eigenvalue weighted by atomic mass is 10.1. The number of rotatable bonds is 7. The number of para-hydroxylation sites is 2. The summed E-state index contributed by atoms with van der Waals surface area (Å²) < 4.78 is 24.7. The van der Waals surface area contributed by atoms with Gasteiger partial charge in [-0.3, -0.25) is 4.57 Å². The highest BCUT2D eigenvalue weighted by molar-refractivity contribution is 7.54. The third-order valence-corrected chi connectivity index (χ3v) is 6.13. The Morgan fingerprint density at radius 1 is 1.00 bits per heavy atom. The quantitative estimate of drug-likeness (QED) is 0.618. The molecule has 1 unspecified atom stereocenters. The van der Waals surface area contributed by atoms with Crippen LogP contribution in [0.1, 0.15) is 30.9 Å². The Morgan fingerprint density at radius 3 is 2.25 bits per heavy atom. The molecule has 0 bridgehead atoms. The van der Waals surface area contributed by atoms with Gasteiger partial charge in [-0.2, -0.15) is 0 Å². The van der Waals surface area contributed by atoms with Gasteiger partial charge in [0.15, 0.2) is 0 Å². The van der Waals surface area contributed by atoms with Gasteiger partial charge in [-0.25, -0.2) is 4.98 Å². The molecule has 0 aliphatic rings. The average Bonchev–Trinajstić information content (AvgIpc) is 2.99. The fourth-order valence-electron chi connectivity index (χ4n) is 2.77. The van der Waals surface area contributed by atoms with Crippen molar-refractivity contribution in [2.45, 2.75) is 19.5 Å². The van der Waals surface area contributed by atoms with Crippen LogP contribution in [0.3, 0.4) is 0 Å². The van der Waals surface area contributed by atoms with E-state index in [2.05, 4.69) is 9.97 Å². The van der Waals surface area contributed by atoms with Gasteiger partial charge in [0.1, 0.15) is 11.5 Å². The highest BCUT2D eigenvalue weighted by atomic mass is 31.2. The maximum Gasteiger partial charge on any atom is 0.345 e. The van der Waals surface area contributed by atoms with E-state index in [0.29, 0.717) is 19.0 Å². The van der Waals surface area contributed by atoms with Crippen molar-refractivity contribution in [2.24, 2.45) is 0 Å². The number of imidazole rings is 1. The van der Waals surface area contributed by atoms with Crippen molar-refractivity contribution in [3.05, 3.63) is 66.0 Å². The standard InChI is InChI=1S/C18H21N2O3P/c1-3-22-24(21,23-4-2)17(14-10-6-5-7-11-14)18-19-15-12-8-9-13-16(15)20-18/h5-13,17H,3-4H2,1-2H3,(H,19,20). The molecule has 1 aromatic heterocycles. The van der Waals surface area contributed by atoms with Gasteiger partial charge >= 0.3 is 7.60 Å². The number of H-pyrrole nitrogens is 1. The first-order chi connectivity index (χ1) is 11.7. The van der Waals surface area contributed by atoms with Crippen LogP contribution < -0.4 is 0 Å². The summed E-state index contributed by atoms with van der Waals surface area (Å²) in [5, 5.41) is 0. The Labute approximate surface area is 141 Å². The lowest BCUT2D eigenvalue weighted by Crippen LogP contribution is -2.10. The monoisotopic (exact) mass is 344 g/mol. The Morgan fingerprint density at radius 2 is 1.62 bits per heavy atom. The van der Waals surface area contributed by atoms with Gasteiger partial charge in [0.05, 0.1) is 24.2 Å². The van der Waals surface area contributed by atoms with E-state index in [0.717, 1.165) is 16.6 Å². The Kier molecular flexibility index (Phi) is 5.14. The maximum absolute atomic E-state index is 13.5. The fraction of sp³-hybridized carbons (Fsp3) is 0.278. The van der Waals surface area contributed by atoms with Crippen LogP contribution in [0.25, 0.3) is 11.0 Å². The van der Waals surface area contributed by atoms with Gasteiger partial charge in [0.25, 0.3) is 0 Å². The third kappa shape index (κ3) is 3.29. The molecule has 0 amide bonds. The summed E-state index contributed by atoms with van der Waals surface area (Å²) in [6, 6.07) is 17.3. The van der Waals surface area contributed by atoms with Crippen LogP contribution in [-0.2, 0) is 13.6 Å². The van der Waals surface area contributed by atoms with Crippen molar-refractivity contribution in [3.8, 4) is 0 Å². The Hall–Kier alpha value is -1.94. The molecule has 3 rings (SSSR count). The molecule has 6 heteroatoms. The number of nitrogens with one attached hydrogen (secondary N) is 1. The molecule has 24 heavy (non-hydrogen) atoms. The molecule has 0 aliphatic carbocycles. The first-order valence-electron chi connectivity index (χ1n) is 8.06. The highest BCUT2D eigenvalue weighted by Crippen LogP contribution is 2.63. The number of hydrogen-bond acceptors (Lipinski definition) is 4. The van der Waals surface area contributed by atoms with Crippen molar-refractivity contribution in [1.29, 1.82) is 0 Å². The second-order valence-electron chi connectivity index (χ2n) is 5.33. The summed E-state index contributed by atoms with van der Waals surface area (Å²) in [5.41, 5.74) is 1.98. The van der Waals surface area contributed by atoms with Crippen LogP contribution in [0.4, 0.5) is 0 Å². The first kappa shape index (κ1) is 16.9. The smallest absolute Gasteiger partial charge is 0.341 e. The van der Waals surface area contributed by atoms with Crippen LogP contribution in [-0.4, -0.2) is 23.2 Å². The minimum atomic E-state index is -3.42. The summed E-state index contributed by atoms with van der Waals surface area (Å²) >= 11 is 0. The molecule has 0 fully saturated rings. The van der Waals surface area contributed by atoms with E-state index in [4.69, 9.17) is 9.05 Å². The van der Waals surface area contributed by atoms with Gasteiger partial charge in [0.2, 0.25) is 0 Å². The van der Waals surface area contributed by atoms with Gasteiger partial charge in [0, 0.05) is 0 Å². The summed E-state index contributed by atoms with van der Waals surface area (Å²) in [4.78, 5) is 7.91. The molecular formula is C18H21N2O3P. The second kappa shape index (κ2) is 7.31. The lowest BCUT2D eigenvalue weighted by Gasteiger charge is -2.25. The minimum Gasteiger partial charge on any atom is -0.341 e. The van der Waals surface area contributed by atoms with Crippen LogP contribution in [0, 0.1) is 0 Å². The van der Waals surface area contributed by atoms with Crippen molar-refractivity contribution >= 4 is 18.6 Å². The lowest BCUT2D eigenvalue weighted by molar-refractivity contribution is 0.214. The normalized spacial score (nSPS) is 13.2. The van der Waals surface area contributed by atoms with Crippen LogP contribution in [0.2, 0.25) is 0 Å². The SMILES string of the molecule is CCOP(=O)(OCC)C(c1ccccc1)c1nc2ccccc2[nH]1. The zero-order chi connectivity index (χ0) is 17.0. The van der Waals surface area contributed by atoms with Crippen LogP contribution >= 0.6 is 7.60 Å². The second-order valence-corrected chi connectivity index (χ2v) is 7.44. The van der Waals surface area contributed by atoms with Gasteiger partial charge < -0.3 is 14.0 Å². The molecule has 2 aromatic carbocycles. The van der Waals surface area contributed by atoms with Crippen molar-refractivity contribution in [3.63, 3.8) is 0 Å². The number of aromatic amines is 1. The summed E-state index contributed by atoms with van der Waals surface area (Å²) in [7, 11) is -3.42. The Bertz CT molecular complexity index is 805. The number of hydrogen-bond donors (Lipinski definition) is 1. The van der Waals surface area contributed by atoms with E-state index in [9.17, 15) is 4.57 Å². The van der Waals surface area contributed by atoms with E-state index < -0.39 is 13.3 Å². The number of nitrogens with zero attached hydrogens (tertiary/aromatic N) is 1. The zero-order valence-corrected chi connectivity index (χ0v) is 14.7. The molecule has 126 valence electrons. The van der Waals surface area contributed by atoms with Gasteiger partial charge in [-0.05, 0) is 31.5 Å². The molecule has 1 heterocycles. The van der Waals surface area contributed by atoms with Gasteiger partial charge in [-0.15, -0.1) is 0 Å². The molecule has 0 saturated carbocycles. The van der Waals surface area contributed by atoms with E-state index in [1.54, 1.807) is 0 Å². The first-order valence-corrected chi connectivity index (χ1v) is 9.67. The molecular weight excluding hydrogens is 323 g/mol. The summed E-state index contributed by atoms with van der Waals surface area (Å²) in [6.45, 7) is 4.24. The summed E-state index contributed by atoms with van der Waals surface area (Å²) in [6.07, 6.45) is 0. The third-order valence-electron chi connectivity index (χ3n) is 3.72. The predicted molar refractivity (Wildman–Crippen MR) is 95.2 cm³/mol. The molecule has 5 nitrogen and oxygen atoms in total. The van der Waals surface area contributed by atoms with E-state index in [1.165, 1.54) is 0 Å². The van der Waals surface area contributed by atoms with Crippen LogP contribution in [0.5, 0.6) is 0 Å². The van der Waals surface area contributed by atoms with Crippen LogP contribution in [0.15, 0.2) is 54.6 Å². The van der Waals surface area contributed by atoms with Crippen molar-refractivity contribution < 1.29 is 13.6 Å². The molecule has 0 spiro atoms. The van der Waals surface area contributed by atoms with E-state index >= 15 is 0 Å². The molecule has 0 saturated heterocycles. The molecule has 1 atom stereocenters. The molecule has 3 aromatic rings. The Balaban J connectivity index is 2.16. The topological polar surface area (TPSA) is 64.2 Å². The number of aromatic nitrogens is 2. The van der Waals surface area contributed by atoms with E-state index in [1.807, 2.05) is 68.4 Å². The predicted octanol–water partition coefficient (Wildman–Crippen LogP) is 4.92. The fourth-order valence-corrected chi connectivity index (χ4v) is 4.83. The summed E-state index contributed by atoms with van der Waals surface area (Å²) in [5.74, 6) is 0.590. The molecule has 0 radical (unpaired) electrons. The maximum atomic E-state index is 13.5. The zero-order valence-electron chi connectivity index (χ0n) is 13.8. The average molecular weight is 344 g/mol. The van der Waals surface area contributed by atoms with Gasteiger partial charge in [-0.1, -0.05) is 42.5 Å². The number of benzene rings is 2. The molecule has 0 aliphatic heterocycles. The van der Waals surface area contributed by atoms with Crippen molar-refractivity contribution in [1.82, 2.24) is 9.97 Å². The van der Waals surface area contributed by atoms with E-state index in [-0.39, 0.29) is 0 Å². The molecule has 1 N–H and O–H groups in total. The minimum absolute atomic E-state index is 0.306. The van der Waals surface area contributed by atoms with Crippen molar-refractivity contribution in [2.75, 3.05) is 13.2 Å². The largest absolute Gasteiger partial charge is 0.345 e.